The van der Waals surface area contributed by atoms with Gasteiger partial charge in [-0.25, -0.2) is 0 Å². The summed E-state index contributed by atoms with van der Waals surface area (Å²) >= 11 is 0. The number of carbonyl (C=O) groups is 1. The van der Waals surface area contributed by atoms with E-state index in [1.807, 2.05) is 54.6 Å². The lowest BCUT2D eigenvalue weighted by Gasteiger charge is -2.28. The first-order valence-corrected chi connectivity index (χ1v) is 10.1. The van der Waals surface area contributed by atoms with Crippen LogP contribution in [0.3, 0.4) is 0 Å². The van der Waals surface area contributed by atoms with E-state index in [1.54, 1.807) is 7.11 Å². The van der Waals surface area contributed by atoms with Gasteiger partial charge in [-0.05, 0) is 42.7 Å². The van der Waals surface area contributed by atoms with Gasteiger partial charge < -0.3 is 19.5 Å². The average Bonchev–Trinajstić information content (AvgIpc) is 3.35. The van der Waals surface area contributed by atoms with Gasteiger partial charge in [0.15, 0.2) is 0 Å². The summed E-state index contributed by atoms with van der Waals surface area (Å²) in [5.41, 5.74) is 1.64. The Bertz CT molecular complexity index is 803. The third-order valence-electron chi connectivity index (χ3n) is 5.67. The zero-order valence-corrected chi connectivity index (χ0v) is 16.8. The lowest BCUT2D eigenvalue weighted by molar-refractivity contribution is -0.117. The number of rotatable bonds is 7. The van der Waals surface area contributed by atoms with E-state index in [1.165, 1.54) is 0 Å². The van der Waals surface area contributed by atoms with Crippen LogP contribution < -0.4 is 10.1 Å². The fourth-order valence-corrected chi connectivity index (χ4v) is 4.23. The molecule has 0 aromatic heterocycles. The predicted molar refractivity (Wildman–Crippen MR) is 111 cm³/mol. The van der Waals surface area contributed by atoms with E-state index >= 15 is 0 Å². The van der Waals surface area contributed by atoms with Gasteiger partial charge >= 0.3 is 0 Å². The molecule has 1 N–H and O–H groups in total. The van der Waals surface area contributed by atoms with Crippen LogP contribution in [0.4, 0.5) is 5.69 Å². The topological polar surface area (TPSA) is 60.0 Å². The third kappa shape index (κ3) is 4.78. The number of methoxy groups -OCH3 is 1. The van der Waals surface area contributed by atoms with Crippen molar-refractivity contribution in [3.8, 4) is 5.75 Å². The first-order chi connectivity index (χ1) is 14.2. The molecule has 2 aromatic rings. The second kappa shape index (κ2) is 8.95. The summed E-state index contributed by atoms with van der Waals surface area (Å²) in [6, 6.07) is 17.5. The lowest BCUT2D eigenvalue weighted by Crippen LogP contribution is -2.42. The molecule has 2 aliphatic rings. The van der Waals surface area contributed by atoms with Crippen molar-refractivity contribution in [1.29, 1.82) is 0 Å². The van der Waals surface area contributed by atoms with E-state index < -0.39 is 0 Å². The van der Waals surface area contributed by atoms with Crippen molar-refractivity contribution in [2.24, 2.45) is 0 Å². The van der Waals surface area contributed by atoms with Crippen molar-refractivity contribution >= 4 is 11.6 Å². The monoisotopic (exact) mass is 396 g/mol. The van der Waals surface area contributed by atoms with Crippen molar-refractivity contribution < 1.29 is 19.0 Å². The summed E-state index contributed by atoms with van der Waals surface area (Å²) in [5, 5.41) is 2.96. The highest BCUT2D eigenvalue weighted by Gasteiger charge is 2.50. The van der Waals surface area contributed by atoms with Crippen molar-refractivity contribution in [2.75, 3.05) is 38.7 Å². The summed E-state index contributed by atoms with van der Waals surface area (Å²) in [6.45, 7) is 3.09. The van der Waals surface area contributed by atoms with Crippen LogP contribution in [-0.2, 0) is 20.9 Å². The zero-order valence-electron chi connectivity index (χ0n) is 16.8. The van der Waals surface area contributed by atoms with Crippen molar-refractivity contribution in [2.45, 2.75) is 31.2 Å². The van der Waals surface area contributed by atoms with E-state index in [-0.39, 0.29) is 17.6 Å². The van der Waals surface area contributed by atoms with Crippen LogP contribution in [0, 0.1) is 0 Å². The Hall–Kier alpha value is -2.41. The standard InChI is InChI=1S/C23H28N2O4/c1-27-21-14-25(17-23(21)12-5-13-29-23)15-22(26)24-19-8-10-20(11-9-19)28-16-18-6-3-2-4-7-18/h2-4,6-11,21H,5,12-17H2,1H3,(H,24,26)/t21-,23-/m1/s1. The first-order valence-electron chi connectivity index (χ1n) is 10.1. The Morgan fingerprint density at radius 3 is 2.69 bits per heavy atom. The highest BCUT2D eigenvalue weighted by atomic mass is 16.6. The van der Waals surface area contributed by atoms with Gasteiger partial charge in [0.1, 0.15) is 18.0 Å². The fourth-order valence-electron chi connectivity index (χ4n) is 4.23. The maximum Gasteiger partial charge on any atom is 0.238 e. The number of nitrogens with zero attached hydrogens (tertiary/aromatic N) is 1. The Morgan fingerprint density at radius 2 is 2.00 bits per heavy atom. The van der Waals surface area contributed by atoms with Crippen molar-refractivity contribution in [1.82, 2.24) is 4.90 Å². The van der Waals surface area contributed by atoms with Crippen LogP contribution in [0.5, 0.6) is 5.75 Å². The summed E-state index contributed by atoms with van der Waals surface area (Å²) in [4.78, 5) is 14.6. The van der Waals surface area contributed by atoms with Crippen LogP contribution in [0.15, 0.2) is 54.6 Å². The molecular weight excluding hydrogens is 368 g/mol. The molecule has 1 spiro atoms. The number of ether oxygens (including phenoxy) is 3. The van der Waals surface area contributed by atoms with Crippen LogP contribution in [0.2, 0.25) is 0 Å². The van der Waals surface area contributed by atoms with Crippen LogP contribution in [0.25, 0.3) is 0 Å². The van der Waals surface area contributed by atoms with Crippen LogP contribution >= 0.6 is 0 Å². The molecule has 1 amide bonds. The maximum absolute atomic E-state index is 12.5. The van der Waals surface area contributed by atoms with E-state index in [4.69, 9.17) is 14.2 Å². The minimum absolute atomic E-state index is 0.0267. The molecule has 2 heterocycles. The van der Waals surface area contributed by atoms with Gasteiger partial charge in [-0.1, -0.05) is 30.3 Å². The zero-order chi connectivity index (χ0) is 20.1. The molecule has 6 heteroatoms. The largest absolute Gasteiger partial charge is 0.489 e. The SMILES string of the molecule is CO[C@@H]1CN(CC(=O)Nc2ccc(OCc3ccccc3)cc2)C[C@]12CCCO2. The molecular formula is C23H28N2O4. The second-order valence-corrected chi connectivity index (χ2v) is 7.76. The molecule has 6 nitrogen and oxygen atoms in total. The fraction of sp³-hybridized carbons (Fsp3) is 0.435. The molecule has 4 rings (SSSR count). The molecule has 0 unspecified atom stereocenters. The number of carbonyl (C=O) groups excluding carboxylic acids is 1. The number of anilines is 1. The number of hydrogen-bond donors (Lipinski definition) is 1. The van der Waals surface area contributed by atoms with Crippen molar-refractivity contribution in [3.63, 3.8) is 0 Å². The van der Waals surface area contributed by atoms with E-state index in [2.05, 4.69) is 10.2 Å². The minimum Gasteiger partial charge on any atom is -0.489 e. The molecule has 2 fully saturated rings. The Morgan fingerprint density at radius 1 is 1.21 bits per heavy atom. The molecule has 154 valence electrons. The molecule has 29 heavy (non-hydrogen) atoms. The Balaban J connectivity index is 1.26. The van der Waals surface area contributed by atoms with Gasteiger partial charge in [0.2, 0.25) is 5.91 Å². The predicted octanol–water partition coefficient (Wildman–Crippen LogP) is 3.08. The van der Waals surface area contributed by atoms with Crippen molar-refractivity contribution in [3.05, 3.63) is 60.2 Å². The molecule has 0 aliphatic carbocycles. The van der Waals surface area contributed by atoms with E-state index in [0.29, 0.717) is 13.2 Å². The number of likely N-dealkylation sites (tertiary alicyclic amines) is 1. The van der Waals surface area contributed by atoms with Gasteiger partial charge in [0.25, 0.3) is 0 Å². The third-order valence-corrected chi connectivity index (χ3v) is 5.67. The minimum atomic E-state index is -0.243. The average molecular weight is 396 g/mol. The summed E-state index contributed by atoms with van der Waals surface area (Å²) in [7, 11) is 1.72. The van der Waals surface area contributed by atoms with Gasteiger partial charge in [0.05, 0.1) is 12.6 Å². The van der Waals surface area contributed by atoms with Crippen LogP contribution in [0.1, 0.15) is 18.4 Å². The highest BCUT2D eigenvalue weighted by molar-refractivity contribution is 5.92. The quantitative estimate of drug-likeness (QED) is 0.779. The van der Waals surface area contributed by atoms with Gasteiger partial charge in [-0.2, -0.15) is 0 Å². The van der Waals surface area contributed by atoms with E-state index in [9.17, 15) is 4.79 Å². The Kier molecular flexibility index (Phi) is 6.13. The number of nitrogens with one attached hydrogen (secondary N) is 1. The van der Waals surface area contributed by atoms with Gasteiger partial charge in [0, 0.05) is 32.5 Å². The number of benzene rings is 2. The molecule has 0 radical (unpaired) electrons. The molecule has 0 saturated carbocycles. The summed E-state index contributed by atoms with van der Waals surface area (Å²) in [6.07, 6.45) is 2.07. The van der Waals surface area contributed by atoms with E-state index in [0.717, 1.165) is 49.5 Å². The maximum atomic E-state index is 12.5. The first kappa shape index (κ1) is 19.9. The molecule has 2 aromatic carbocycles. The number of amides is 1. The summed E-state index contributed by atoms with van der Waals surface area (Å²) in [5.74, 6) is 0.738. The number of hydrogen-bond acceptors (Lipinski definition) is 5. The smallest absolute Gasteiger partial charge is 0.238 e. The van der Waals surface area contributed by atoms with Crippen LogP contribution in [-0.4, -0.2) is 55.9 Å². The van der Waals surface area contributed by atoms with Gasteiger partial charge in [-0.3, -0.25) is 9.69 Å². The molecule has 2 aliphatic heterocycles. The Labute approximate surface area is 171 Å². The second-order valence-electron chi connectivity index (χ2n) is 7.76. The summed E-state index contributed by atoms with van der Waals surface area (Å²) < 4.78 is 17.4. The molecule has 2 atom stereocenters. The molecule has 2 saturated heterocycles. The normalized spacial score (nSPS) is 24.1. The highest BCUT2D eigenvalue weighted by Crippen LogP contribution is 2.36. The molecule has 0 bridgehead atoms. The van der Waals surface area contributed by atoms with Gasteiger partial charge in [-0.15, -0.1) is 0 Å². The lowest BCUT2D eigenvalue weighted by atomic mass is 9.97.